The number of ketones is 1. The molecule has 126 valence electrons. The third kappa shape index (κ3) is 2.76. The van der Waals surface area contributed by atoms with E-state index in [-0.39, 0.29) is 17.7 Å². The van der Waals surface area contributed by atoms with E-state index in [1.54, 1.807) is 4.68 Å². The number of fused-ring (bicyclic) bond motifs is 3. The lowest BCUT2D eigenvalue weighted by Crippen LogP contribution is -2.23. The number of nitrogens with zero attached hydrogens (tertiary/aromatic N) is 4. The summed E-state index contributed by atoms with van der Waals surface area (Å²) in [5.74, 6) is 0.734. The van der Waals surface area contributed by atoms with Crippen LogP contribution in [0.15, 0.2) is 42.5 Å². The molecule has 0 bridgehead atoms. The van der Waals surface area contributed by atoms with Gasteiger partial charge in [0.2, 0.25) is 0 Å². The molecule has 0 spiro atoms. The summed E-state index contributed by atoms with van der Waals surface area (Å²) in [5, 5.41) is 11.8. The minimum absolute atomic E-state index is 0.0185. The van der Waals surface area contributed by atoms with Crippen LogP contribution in [0.25, 0.3) is 11.1 Å². The van der Waals surface area contributed by atoms with Gasteiger partial charge in [-0.25, -0.2) is 4.68 Å². The number of hydrogen-bond acceptors (Lipinski definition) is 4. The van der Waals surface area contributed by atoms with Gasteiger partial charge in [0, 0.05) is 11.0 Å². The van der Waals surface area contributed by atoms with Crippen LogP contribution in [0.2, 0.25) is 0 Å². The van der Waals surface area contributed by atoms with Crippen LogP contribution in [0.5, 0.6) is 0 Å². The Morgan fingerprint density at radius 1 is 1.08 bits per heavy atom. The molecule has 1 aliphatic carbocycles. The number of carbonyl (C=O) groups is 1. The molecular weight excluding hydrogens is 312 g/mol. The molecule has 0 unspecified atom stereocenters. The second kappa shape index (κ2) is 5.62. The third-order valence-corrected chi connectivity index (χ3v) is 4.62. The molecule has 2 aromatic carbocycles. The SMILES string of the molecule is CC(C)(C)c1nnnn1CC(=O)c1ccc2c(c1)-c1ccccc1C2. The lowest BCUT2D eigenvalue weighted by atomic mass is 9.95. The van der Waals surface area contributed by atoms with Gasteiger partial charge in [0.15, 0.2) is 11.6 Å². The molecule has 1 aromatic heterocycles. The zero-order chi connectivity index (χ0) is 17.6. The maximum atomic E-state index is 12.8. The van der Waals surface area contributed by atoms with E-state index in [1.165, 1.54) is 16.7 Å². The predicted molar refractivity (Wildman–Crippen MR) is 95.5 cm³/mol. The summed E-state index contributed by atoms with van der Waals surface area (Å²) in [4.78, 5) is 12.8. The van der Waals surface area contributed by atoms with E-state index in [0.29, 0.717) is 11.4 Å². The Bertz CT molecular complexity index is 966. The molecule has 5 nitrogen and oxygen atoms in total. The molecular formula is C20H20N4O. The molecule has 0 atom stereocenters. The lowest BCUT2D eigenvalue weighted by molar-refractivity contribution is 0.0964. The van der Waals surface area contributed by atoms with Crippen molar-refractivity contribution >= 4 is 5.78 Å². The Morgan fingerprint density at radius 2 is 1.84 bits per heavy atom. The fraction of sp³-hybridized carbons (Fsp3) is 0.300. The molecule has 0 aliphatic heterocycles. The second-order valence-corrected chi connectivity index (χ2v) is 7.54. The number of tetrazole rings is 1. The Hall–Kier alpha value is -2.82. The van der Waals surface area contributed by atoms with Gasteiger partial charge in [-0.2, -0.15) is 0 Å². The molecule has 0 radical (unpaired) electrons. The summed E-state index contributed by atoms with van der Waals surface area (Å²) in [5.41, 5.74) is 5.47. The molecule has 0 amide bonds. The van der Waals surface area contributed by atoms with Gasteiger partial charge in [0.25, 0.3) is 0 Å². The zero-order valence-corrected chi connectivity index (χ0v) is 14.7. The number of aromatic nitrogens is 4. The molecule has 1 heterocycles. The zero-order valence-electron chi connectivity index (χ0n) is 14.7. The Balaban J connectivity index is 1.64. The van der Waals surface area contributed by atoms with Crippen molar-refractivity contribution in [3.05, 3.63) is 65.0 Å². The van der Waals surface area contributed by atoms with Gasteiger partial charge in [0.05, 0.1) is 0 Å². The van der Waals surface area contributed by atoms with Crippen molar-refractivity contribution in [2.24, 2.45) is 0 Å². The first kappa shape index (κ1) is 15.7. The highest BCUT2D eigenvalue weighted by Crippen LogP contribution is 2.36. The van der Waals surface area contributed by atoms with Crippen LogP contribution in [-0.2, 0) is 18.4 Å². The van der Waals surface area contributed by atoms with Crippen molar-refractivity contribution in [2.75, 3.05) is 0 Å². The van der Waals surface area contributed by atoms with Crippen molar-refractivity contribution in [1.82, 2.24) is 20.2 Å². The molecule has 5 heteroatoms. The highest BCUT2D eigenvalue weighted by molar-refractivity contribution is 5.97. The Kier molecular flexibility index (Phi) is 3.53. The van der Waals surface area contributed by atoms with Crippen LogP contribution in [0.4, 0.5) is 0 Å². The van der Waals surface area contributed by atoms with Gasteiger partial charge in [-0.15, -0.1) is 5.10 Å². The molecule has 0 saturated carbocycles. The number of benzene rings is 2. The Morgan fingerprint density at radius 3 is 2.64 bits per heavy atom. The maximum absolute atomic E-state index is 12.8. The van der Waals surface area contributed by atoms with Crippen molar-refractivity contribution in [2.45, 2.75) is 39.2 Å². The first-order chi connectivity index (χ1) is 11.9. The topological polar surface area (TPSA) is 60.7 Å². The average Bonchev–Trinajstić information content (AvgIpc) is 3.18. The fourth-order valence-corrected chi connectivity index (χ4v) is 3.37. The van der Waals surface area contributed by atoms with Crippen molar-refractivity contribution in [3.63, 3.8) is 0 Å². The molecule has 1 aliphatic rings. The standard InChI is InChI=1S/C20H20N4O/c1-20(2,3)19-21-22-23-24(19)12-18(25)15-9-8-14-10-13-6-4-5-7-16(13)17(14)11-15/h4-9,11H,10,12H2,1-3H3. The van der Waals surface area contributed by atoms with Gasteiger partial charge in [0.1, 0.15) is 6.54 Å². The van der Waals surface area contributed by atoms with Crippen molar-refractivity contribution in [3.8, 4) is 11.1 Å². The maximum Gasteiger partial charge on any atom is 0.184 e. The second-order valence-electron chi connectivity index (χ2n) is 7.54. The number of rotatable bonds is 3. The number of carbonyl (C=O) groups excluding carboxylic acids is 1. The van der Waals surface area contributed by atoms with Crippen LogP contribution in [-0.4, -0.2) is 26.0 Å². The van der Waals surface area contributed by atoms with Gasteiger partial charge < -0.3 is 0 Å². The summed E-state index contributed by atoms with van der Waals surface area (Å²) in [6, 6.07) is 14.3. The quantitative estimate of drug-likeness (QED) is 0.539. The van der Waals surface area contributed by atoms with Crippen molar-refractivity contribution in [1.29, 1.82) is 0 Å². The van der Waals surface area contributed by atoms with E-state index in [1.807, 2.05) is 39.0 Å². The van der Waals surface area contributed by atoms with Crippen LogP contribution < -0.4 is 0 Å². The van der Waals surface area contributed by atoms with Gasteiger partial charge in [-0.3, -0.25) is 4.79 Å². The van der Waals surface area contributed by atoms with Crippen LogP contribution >= 0.6 is 0 Å². The summed E-state index contributed by atoms with van der Waals surface area (Å²) in [6.07, 6.45) is 0.932. The van der Waals surface area contributed by atoms with Gasteiger partial charge in [-0.05, 0) is 45.2 Å². The molecule has 25 heavy (non-hydrogen) atoms. The van der Waals surface area contributed by atoms with Gasteiger partial charge in [-0.1, -0.05) is 57.2 Å². The summed E-state index contributed by atoms with van der Waals surface area (Å²) in [7, 11) is 0. The van der Waals surface area contributed by atoms with Crippen molar-refractivity contribution < 1.29 is 4.79 Å². The van der Waals surface area contributed by atoms with Crippen LogP contribution in [0.1, 0.15) is 48.1 Å². The third-order valence-electron chi connectivity index (χ3n) is 4.62. The molecule has 0 saturated heterocycles. The minimum atomic E-state index is -0.208. The number of hydrogen-bond donors (Lipinski definition) is 0. The first-order valence-corrected chi connectivity index (χ1v) is 8.44. The van der Waals surface area contributed by atoms with E-state index in [0.717, 1.165) is 12.0 Å². The van der Waals surface area contributed by atoms with E-state index in [9.17, 15) is 4.79 Å². The minimum Gasteiger partial charge on any atom is -0.292 e. The summed E-state index contributed by atoms with van der Waals surface area (Å²) < 4.78 is 1.60. The van der Waals surface area contributed by atoms with E-state index in [4.69, 9.17) is 0 Å². The lowest BCUT2D eigenvalue weighted by Gasteiger charge is -2.16. The average molecular weight is 332 g/mol. The summed E-state index contributed by atoms with van der Waals surface area (Å²) in [6.45, 7) is 6.25. The molecule has 0 fully saturated rings. The normalized spacial score (nSPS) is 12.8. The summed E-state index contributed by atoms with van der Waals surface area (Å²) >= 11 is 0. The first-order valence-electron chi connectivity index (χ1n) is 8.44. The van der Waals surface area contributed by atoms with E-state index in [2.05, 4.69) is 39.8 Å². The smallest absolute Gasteiger partial charge is 0.184 e. The van der Waals surface area contributed by atoms with Crippen LogP contribution in [0.3, 0.4) is 0 Å². The molecule has 3 aromatic rings. The van der Waals surface area contributed by atoms with Gasteiger partial charge >= 0.3 is 0 Å². The molecule has 4 rings (SSSR count). The fourth-order valence-electron chi connectivity index (χ4n) is 3.37. The Labute approximate surface area is 146 Å². The molecule has 0 N–H and O–H groups in total. The van der Waals surface area contributed by atoms with E-state index < -0.39 is 0 Å². The highest BCUT2D eigenvalue weighted by Gasteiger charge is 2.24. The highest BCUT2D eigenvalue weighted by atomic mass is 16.1. The van der Waals surface area contributed by atoms with Crippen LogP contribution in [0, 0.1) is 0 Å². The largest absolute Gasteiger partial charge is 0.292 e. The van der Waals surface area contributed by atoms with E-state index >= 15 is 0 Å². The predicted octanol–water partition coefficient (Wildman–Crippen LogP) is 3.42. The number of Topliss-reactive ketones (excluding diaryl/α,β-unsaturated/α-hetero) is 1. The monoisotopic (exact) mass is 332 g/mol.